The third-order valence-corrected chi connectivity index (χ3v) is 3.13. The summed E-state index contributed by atoms with van der Waals surface area (Å²) in [5.74, 6) is 0.0822. The molecule has 2 rings (SSSR count). The lowest BCUT2D eigenvalue weighted by Gasteiger charge is -2.07. The lowest BCUT2D eigenvalue weighted by Crippen LogP contribution is -2.24. The van der Waals surface area contributed by atoms with E-state index in [0.717, 1.165) is 0 Å². The molecule has 0 heterocycles. The number of hydrogen-bond acceptors (Lipinski definition) is 4. The Morgan fingerprint density at radius 2 is 2.00 bits per heavy atom. The summed E-state index contributed by atoms with van der Waals surface area (Å²) in [6.45, 7) is 0. The first-order valence-corrected chi connectivity index (χ1v) is 6.70. The van der Waals surface area contributed by atoms with E-state index in [1.165, 1.54) is 13.3 Å². The Bertz CT molecular complexity index is 690. The van der Waals surface area contributed by atoms with Gasteiger partial charge >= 0.3 is 6.03 Å². The van der Waals surface area contributed by atoms with Crippen molar-refractivity contribution in [2.75, 3.05) is 12.4 Å². The summed E-state index contributed by atoms with van der Waals surface area (Å²) in [7, 11) is 1.43. The van der Waals surface area contributed by atoms with E-state index in [2.05, 4.69) is 15.8 Å². The second kappa shape index (κ2) is 7.33. The summed E-state index contributed by atoms with van der Waals surface area (Å²) in [5.41, 5.74) is 3.40. The first-order chi connectivity index (χ1) is 10.6. The number of nitrogens with one attached hydrogen (secondary N) is 2. The molecular weight excluding hydrogens is 306 g/mol. The fraction of sp³-hybridized carbons (Fsp3) is 0.0667. The van der Waals surface area contributed by atoms with Crippen LogP contribution in [0.3, 0.4) is 0 Å². The predicted octanol–water partition coefficient (Wildman–Crippen LogP) is 3.21. The van der Waals surface area contributed by atoms with Gasteiger partial charge in [0.15, 0.2) is 11.5 Å². The molecule has 0 aliphatic rings. The van der Waals surface area contributed by atoms with E-state index in [0.29, 0.717) is 11.3 Å². The topological polar surface area (TPSA) is 83.0 Å². The van der Waals surface area contributed by atoms with Crippen LogP contribution in [0.1, 0.15) is 5.56 Å². The van der Waals surface area contributed by atoms with Gasteiger partial charge in [0, 0.05) is 11.3 Å². The third kappa shape index (κ3) is 3.89. The van der Waals surface area contributed by atoms with E-state index < -0.39 is 6.03 Å². The van der Waals surface area contributed by atoms with Crippen molar-refractivity contribution in [1.82, 2.24) is 5.43 Å². The van der Waals surface area contributed by atoms with E-state index >= 15 is 0 Å². The standard InChI is InChI=1S/C15H14ClN3O3/c1-22-12-8-7-10(13(16)14(12)20)9-17-19-15(21)18-11-5-3-2-4-6-11/h2-9,20H,1H3,(H2,18,19,21)/b17-9+. The normalized spacial score (nSPS) is 10.5. The molecule has 0 spiro atoms. The van der Waals surface area contributed by atoms with Crippen LogP contribution in [0.25, 0.3) is 0 Å². The number of phenolic OH excluding ortho intramolecular Hbond substituents is 1. The van der Waals surface area contributed by atoms with Crippen molar-refractivity contribution >= 4 is 29.5 Å². The smallest absolute Gasteiger partial charge is 0.339 e. The zero-order valence-corrected chi connectivity index (χ0v) is 12.5. The first kappa shape index (κ1) is 15.7. The van der Waals surface area contributed by atoms with Gasteiger partial charge in [-0.15, -0.1) is 0 Å². The summed E-state index contributed by atoms with van der Waals surface area (Å²) < 4.78 is 4.93. The fourth-order valence-electron chi connectivity index (χ4n) is 1.67. The molecule has 2 aromatic carbocycles. The van der Waals surface area contributed by atoms with Gasteiger partial charge in [-0.05, 0) is 24.3 Å². The number of para-hydroxylation sites is 1. The molecule has 6 nitrogen and oxygen atoms in total. The van der Waals surface area contributed by atoms with Gasteiger partial charge in [-0.1, -0.05) is 29.8 Å². The van der Waals surface area contributed by atoms with Crippen LogP contribution in [-0.4, -0.2) is 24.5 Å². The maximum Gasteiger partial charge on any atom is 0.339 e. The van der Waals surface area contributed by atoms with Crippen LogP contribution in [0.4, 0.5) is 10.5 Å². The number of hydrazone groups is 1. The molecule has 0 aliphatic carbocycles. The minimum Gasteiger partial charge on any atom is -0.503 e. The second-order valence-electron chi connectivity index (χ2n) is 4.21. The summed E-state index contributed by atoms with van der Waals surface area (Å²) in [5, 5.41) is 16.2. The molecule has 0 aromatic heterocycles. The van der Waals surface area contributed by atoms with E-state index in [9.17, 15) is 9.90 Å². The van der Waals surface area contributed by atoms with Gasteiger partial charge in [0.25, 0.3) is 0 Å². The maximum absolute atomic E-state index is 11.6. The number of anilines is 1. The van der Waals surface area contributed by atoms with Crippen molar-refractivity contribution in [3.63, 3.8) is 0 Å². The van der Waals surface area contributed by atoms with Gasteiger partial charge in [-0.25, -0.2) is 10.2 Å². The Labute approximate surface area is 132 Å². The van der Waals surface area contributed by atoms with Crippen LogP contribution >= 0.6 is 11.6 Å². The quantitative estimate of drug-likeness (QED) is 0.597. The monoisotopic (exact) mass is 319 g/mol. The van der Waals surface area contributed by atoms with E-state index in [1.807, 2.05) is 6.07 Å². The Balaban J connectivity index is 1.98. The molecule has 0 radical (unpaired) electrons. The number of benzene rings is 2. The molecule has 0 atom stereocenters. The Morgan fingerprint density at radius 1 is 1.27 bits per heavy atom. The fourth-order valence-corrected chi connectivity index (χ4v) is 1.87. The van der Waals surface area contributed by atoms with Gasteiger partial charge in [0.2, 0.25) is 0 Å². The van der Waals surface area contributed by atoms with Crippen molar-refractivity contribution in [2.45, 2.75) is 0 Å². The third-order valence-electron chi connectivity index (χ3n) is 2.73. The molecule has 0 saturated carbocycles. The highest BCUT2D eigenvalue weighted by Gasteiger charge is 2.09. The molecule has 0 saturated heterocycles. The molecule has 22 heavy (non-hydrogen) atoms. The highest BCUT2D eigenvalue weighted by molar-refractivity contribution is 6.34. The molecule has 0 unspecified atom stereocenters. The summed E-state index contributed by atoms with van der Waals surface area (Å²) >= 11 is 5.97. The van der Waals surface area contributed by atoms with Crippen LogP contribution < -0.4 is 15.5 Å². The molecule has 0 aliphatic heterocycles. The molecule has 3 N–H and O–H groups in total. The number of carbonyl (C=O) groups is 1. The van der Waals surface area contributed by atoms with E-state index in [4.69, 9.17) is 16.3 Å². The molecule has 2 aromatic rings. The lowest BCUT2D eigenvalue weighted by molar-refractivity contribution is 0.252. The molecule has 7 heteroatoms. The van der Waals surface area contributed by atoms with Crippen molar-refractivity contribution < 1.29 is 14.6 Å². The van der Waals surface area contributed by atoms with Crippen LogP contribution in [0.15, 0.2) is 47.6 Å². The first-order valence-electron chi connectivity index (χ1n) is 6.32. The number of rotatable bonds is 4. The van der Waals surface area contributed by atoms with Gasteiger partial charge in [0.1, 0.15) is 0 Å². The van der Waals surface area contributed by atoms with Crippen molar-refractivity contribution in [3.8, 4) is 11.5 Å². The minimum absolute atomic E-state index is 0.0911. The van der Waals surface area contributed by atoms with E-state index in [-0.39, 0.29) is 16.5 Å². The van der Waals surface area contributed by atoms with Crippen LogP contribution in [0, 0.1) is 0 Å². The SMILES string of the molecule is COc1ccc(/C=N/NC(=O)Nc2ccccc2)c(Cl)c1O. The molecule has 0 bridgehead atoms. The average Bonchev–Trinajstić information content (AvgIpc) is 2.52. The average molecular weight is 320 g/mol. The Morgan fingerprint density at radius 3 is 2.68 bits per heavy atom. The van der Waals surface area contributed by atoms with Gasteiger partial charge in [-0.2, -0.15) is 5.10 Å². The zero-order valence-electron chi connectivity index (χ0n) is 11.7. The largest absolute Gasteiger partial charge is 0.503 e. The number of amides is 2. The molecule has 0 fully saturated rings. The number of phenols is 1. The Kier molecular flexibility index (Phi) is 5.21. The van der Waals surface area contributed by atoms with Crippen molar-refractivity contribution in [2.24, 2.45) is 5.10 Å². The molecular formula is C15H14ClN3O3. The number of hydrogen-bond donors (Lipinski definition) is 3. The number of carbonyl (C=O) groups excluding carboxylic acids is 1. The number of halogens is 1. The summed E-state index contributed by atoms with van der Waals surface area (Å²) in [6, 6.07) is 11.6. The van der Waals surface area contributed by atoms with Gasteiger partial charge in [-0.3, -0.25) is 0 Å². The summed E-state index contributed by atoms with van der Waals surface area (Å²) in [6.07, 6.45) is 1.33. The Hall–Kier alpha value is -2.73. The maximum atomic E-state index is 11.6. The lowest BCUT2D eigenvalue weighted by atomic mass is 10.2. The second-order valence-corrected chi connectivity index (χ2v) is 4.59. The summed E-state index contributed by atoms with van der Waals surface area (Å²) in [4.78, 5) is 11.6. The van der Waals surface area contributed by atoms with Crippen LogP contribution in [0.2, 0.25) is 5.02 Å². The van der Waals surface area contributed by atoms with Crippen molar-refractivity contribution in [3.05, 3.63) is 53.1 Å². The van der Waals surface area contributed by atoms with Crippen molar-refractivity contribution in [1.29, 1.82) is 0 Å². The van der Waals surface area contributed by atoms with Crippen LogP contribution in [0.5, 0.6) is 11.5 Å². The molecule has 2 amide bonds. The number of methoxy groups -OCH3 is 1. The number of nitrogens with zero attached hydrogens (tertiary/aromatic N) is 1. The highest BCUT2D eigenvalue weighted by Crippen LogP contribution is 2.35. The van der Waals surface area contributed by atoms with Gasteiger partial charge < -0.3 is 15.2 Å². The van der Waals surface area contributed by atoms with E-state index in [1.54, 1.807) is 36.4 Å². The predicted molar refractivity (Wildman–Crippen MR) is 85.9 cm³/mol. The number of ether oxygens (including phenoxy) is 1. The number of aromatic hydroxyl groups is 1. The van der Waals surface area contributed by atoms with Crippen LogP contribution in [-0.2, 0) is 0 Å². The van der Waals surface area contributed by atoms with Gasteiger partial charge in [0.05, 0.1) is 18.3 Å². The molecule has 114 valence electrons. The zero-order chi connectivity index (χ0) is 15.9. The minimum atomic E-state index is -0.490. The highest BCUT2D eigenvalue weighted by atomic mass is 35.5. The number of urea groups is 1.